The molecule has 104 valence electrons. The van der Waals surface area contributed by atoms with Gasteiger partial charge in [-0.3, -0.25) is 0 Å². The van der Waals surface area contributed by atoms with Gasteiger partial charge in [-0.15, -0.1) is 10.2 Å². The van der Waals surface area contributed by atoms with E-state index in [0.29, 0.717) is 12.4 Å². The van der Waals surface area contributed by atoms with Crippen molar-refractivity contribution in [1.29, 1.82) is 0 Å². The molecule has 0 aliphatic carbocycles. The van der Waals surface area contributed by atoms with Crippen LogP contribution in [0.15, 0.2) is 4.42 Å². The molecule has 1 N–H and O–H groups in total. The van der Waals surface area contributed by atoms with E-state index in [1.54, 1.807) is 0 Å². The second-order valence-corrected chi connectivity index (χ2v) is 4.74. The molecule has 0 saturated carbocycles. The van der Waals surface area contributed by atoms with E-state index in [-0.39, 0.29) is 0 Å². The van der Waals surface area contributed by atoms with Crippen LogP contribution in [0.25, 0.3) is 0 Å². The fourth-order valence-electron chi connectivity index (χ4n) is 1.93. The number of nitrogens with zero attached hydrogens (tertiary/aromatic N) is 2. The molecule has 0 aromatic carbocycles. The van der Waals surface area contributed by atoms with Crippen molar-refractivity contribution in [2.75, 3.05) is 6.54 Å². The van der Waals surface area contributed by atoms with Crippen molar-refractivity contribution < 1.29 is 4.42 Å². The molecule has 18 heavy (non-hydrogen) atoms. The highest BCUT2D eigenvalue weighted by molar-refractivity contribution is 4.81. The van der Waals surface area contributed by atoms with Gasteiger partial charge in [0, 0.05) is 6.42 Å². The summed E-state index contributed by atoms with van der Waals surface area (Å²) < 4.78 is 5.55. The zero-order valence-corrected chi connectivity index (χ0v) is 11.9. The van der Waals surface area contributed by atoms with Gasteiger partial charge >= 0.3 is 0 Å². The molecule has 0 unspecified atom stereocenters. The summed E-state index contributed by atoms with van der Waals surface area (Å²) in [5, 5.41) is 11.3. The van der Waals surface area contributed by atoms with Gasteiger partial charge in [-0.25, -0.2) is 0 Å². The molecular weight excluding hydrogens is 226 g/mol. The Balaban J connectivity index is 2.03. The van der Waals surface area contributed by atoms with Gasteiger partial charge in [0.25, 0.3) is 0 Å². The number of aryl methyl sites for hydroxylation is 1. The van der Waals surface area contributed by atoms with Crippen LogP contribution in [0.5, 0.6) is 0 Å². The molecule has 0 radical (unpaired) electrons. The number of aromatic nitrogens is 2. The predicted molar refractivity (Wildman–Crippen MR) is 73.4 cm³/mol. The lowest BCUT2D eigenvalue weighted by Gasteiger charge is -1.99. The number of hydrogen-bond acceptors (Lipinski definition) is 4. The van der Waals surface area contributed by atoms with Gasteiger partial charge in [-0.1, -0.05) is 52.4 Å². The second-order valence-electron chi connectivity index (χ2n) is 4.74. The highest BCUT2D eigenvalue weighted by atomic mass is 16.4. The maximum absolute atomic E-state index is 5.55. The Morgan fingerprint density at radius 1 is 0.889 bits per heavy atom. The minimum absolute atomic E-state index is 0.681. The molecule has 0 amide bonds. The smallest absolute Gasteiger partial charge is 0.230 e. The van der Waals surface area contributed by atoms with Crippen molar-refractivity contribution in [2.24, 2.45) is 0 Å². The highest BCUT2D eigenvalue weighted by Crippen LogP contribution is 2.10. The molecular formula is C14H27N3O. The van der Waals surface area contributed by atoms with E-state index in [9.17, 15) is 0 Å². The summed E-state index contributed by atoms with van der Waals surface area (Å²) in [7, 11) is 0. The molecule has 4 heteroatoms. The molecule has 1 aromatic rings. The average molecular weight is 253 g/mol. The second kappa shape index (κ2) is 10.1. The maximum atomic E-state index is 5.55. The van der Waals surface area contributed by atoms with E-state index < -0.39 is 0 Å². The van der Waals surface area contributed by atoms with Crippen LogP contribution in [0.2, 0.25) is 0 Å². The van der Waals surface area contributed by atoms with Crippen molar-refractivity contribution in [3.8, 4) is 0 Å². The summed E-state index contributed by atoms with van der Waals surface area (Å²) in [4.78, 5) is 0. The largest absolute Gasteiger partial charge is 0.424 e. The van der Waals surface area contributed by atoms with Crippen LogP contribution in [0, 0.1) is 0 Å². The summed E-state index contributed by atoms with van der Waals surface area (Å²) in [5.74, 6) is 1.49. The molecule has 0 saturated heterocycles. The quantitative estimate of drug-likeness (QED) is 0.613. The first-order valence-electron chi connectivity index (χ1n) is 7.38. The molecule has 0 atom stereocenters. The van der Waals surface area contributed by atoms with E-state index in [1.807, 2.05) is 0 Å². The summed E-state index contributed by atoms with van der Waals surface area (Å²) in [6.45, 7) is 5.92. The van der Waals surface area contributed by atoms with Gasteiger partial charge < -0.3 is 9.73 Å². The third kappa shape index (κ3) is 6.74. The zero-order chi connectivity index (χ0) is 13.1. The molecule has 0 spiro atoms. The monoisotopic (exact) mass is 253 g/mol. The van der Waals surface area contributed by atoms with Crippen LogP contribution >= 0.6 is 0 Å². The Hall–Kier alpha value is -0.900. The first-order valence-corrected chi connectivity index (χ1v) is 7.38. The summed E-state index contributed by atoms with van der Waals surface area (Å²) in [6, 6.07) is 0. The predicted octanol–water partition coefficient (Wildman–Crippen LogP) is 3.47. The zero-order valence-electron chi connectivity index (χ0n) is 11.9. The molecule has 0 bridgehead atoms. The Morgan fingerprint density at radius 3 is 2.28 bits per heavy atom. The molecule has 0 fully saturated rings. The van der Waals surface area contributed by atoms with Gasteiger partial charge in [0.2, 0.25) is 11.8 Å². The SMILES string of the molecule is CCCCCCCCCc1nnc(CNCC)o1. The van der Waals surface area contributed by atoms with Crippen molar-refractivity contribution in [1.82, 2.24) is 15.5 Å². The lowest BCUT2D eigenvalue weighted by atomic mass is 10.1. The lowest BCUT2D eigenvalue weighted by Crippen LogP contribution is -2.11. The fourth-order valence-corrected chi connectivity index (χ4v) is 1.93. The third-order valence-corrected chi connectivity index (χ3v) is 3.03. The van der Waals surface area contributed by atoms with Gasteiger partial charge in [-0.2, -0.15) is 0 Å². The molecule has 1 aromatic heterocycles. The molecule has 4 nitrogen and oxygen atoms in total. The van der Waals surface area contributed by atoms with Gasteiger partial charge in [-0.05, 0) is 13.0 Å². The lowest BCUT2D eigenvalue weighted by molar-refractivity contribution is 0.427. The van der Waals surface area contributed by atoms with E-state index >= 15 is 0 Å². The van der Waals surface area contributed by atoms with Crippen LogP contribution in [0.1, 0.15) is 70.6 Å². The number of rotatable bonds is 11. The minimum atomic E-state index is 0.681. The first kappa shape index (κ1) is 15.2. The fraction of sp³-hybridized carbons (Fsp3) is 0.857. The van der Waals surface area contributed by atoms with Crippen molar-refractivity contribution in [3.05, 3.63) is 11.8 Å². The Morgan fingerprint density at radius 2 is 1.56 bits per heavy atom. The van der Waals surface area contributed by atoms with E-state index in [1.165, 1.54) is 38.5 Å². The van der Waals surface area contributed by atoms with Crippen molar-refractivity contribution in [3.63, 3.8) is 0 Å². The Labute approximate surface area is 111 Å². The van der Waals surface area contributed by atoms with Gasteiger partial charge in [0.05, 0.1) is 6.54 Å². The van der Waals surface area contributed by atoms with E-state index in [4.69, 9.17) is 4.42 Å². The minimum Gasteiger partial charge on any atom is -0.424 e. The van der Waals surface area contributed by atoms with Crippen LogP contribution in [0.4, 0.5) is 0 Å². The number of nitrogens with one attached hydrogen (secondary N) is 1. The Kier molecular flexibility index (Phi) is 8.47. The summed E-state index contributed by atoms with van der Waals surface area (Å²) >= 11 is 0. The third-order valence-electron chi connectivity index (χ3n) is 3.03. The number of unbranched alkanes of at least 4 members (excludes halogenated alkanes) is 6. The van der Waals surface area contributed by atoms with Crippen molar-refractivity contribution in [2.45, 2.75) is 71.8 Å². The van der Waals surface area contributed by atoms with Crippen LogP contribution in [-0.2, 0) is 13.0 Å². The molecule has 0 aliphatic rings. The standard InChI is InChI=1S/C14H27N3O/c1-3-5-6-7-8-9-10-11-13-16-17-14(18-13)12-15-4-2/h15H,3-12H2,1-2H3. The normalized spacial score (nSPS) is 11.0. The first-order chi connectivity index (χ1) is 8.86. The average Bonchev–Trinajstić information content (AvgIpc) is 2.83. The van der Waals surface area contributed by atoms with Gasteiger partial charge in [0.15, 0.2) is 0 Å². The number of hydrogen-bond donors (Lipinski definition) is 1. The maximum Gasteiger partial charge on any atom is 0.230 e. The highest BCUT2D eigenvalue weighted by Gasteiger charge is 2.04. The van der Waals surface area contributed by atoms with E-state index in [2.05, 4.69) is 29.4 Å². The topological polar surface area (TPSA) is 51.0 Å². The Bertz CT molecular complexity index is 299. The van der Waals surface area contributed by atoms with Crippen LogP contribution in [0.3, 0.4) is 0 Å². The van der Waals surface area contributed by atoms with Gasteiger partial charge in [0.1, 0.15) is 0 Å². The van der Waals surface area contributed by atoms with Crippen molar-refractivity contribution >= 4 is 0 Å². The molecule has 1 rings (SSSR count). The summed E-state index contributed by atoms with van der Waals surface area (Å²) in [6.07, 6.45) is 10.1. The van der Waals surface area contributed by atoms with Crippen LogP contribution < -0.4 is 5.32 Å². The molecule has 0 aliphatic heterocycles. The molecule has 1 heterocycles. The summed E-state index contributed by atoms with van der Waals surface area (Å²) in [5.41, 5.74) is 0. The van der Waals surface area contributed by atoms with Crippen LogP contribution in [-0.4, -0.2) is 16.7 Å². The van der Waals surface area contributed by atoms with E-state index in [0.717, 1.165) is 25.3 Å².